The Morgan fingerprint density at radius 2 is 2.00 bits per heavy atom. The molecule has 0 spiro atoms. The number of benzene rings is 1. The summed E-state index contributed by atoms with van der Waals surface area (Å²) in [5.41, 5.74) is 7.91. The van der Waals surface area contributed by atoms with Crippen LogP contribution in [0.2, 0.25) is 0 Å². The van der Waals surface area contributed by atoms with Gasteiger partial charge >= 0.3 is 5.97 Å². The molecule has 0 saturated carbocycles. The van der Waals surface area contributed by atoms with Gasteiger partial charge in [-0.3, -0.25) is 0 Å². The van der Waals surface area contributed by atoms with Gasteiger partial charge in [0.05, 0.1) is 5.52 Å². The molecular formula is C13H9N7O2. The van der Waals surface area contributed by atoms with Crippen molar-refractivity contribution < 1.29 is 9.90 Å². The van der Waals surface area contributed by atoms with Gasteiger partial charge in [0.25, 0.3) is 0 Å². The van der Waals surface area contributed by atoms with E-state index < -0.39 is 5.97 Å². The van der Waals surface area contributed by atoms with E-state index in [1.807, 2.05) is 24.3 Å². The van der Waals surface area contributed by atoms with Crippen LogP contribution in [0.25, 0.3) is 22.4 Å². The number of hydrogen-bond acceptors (Lipinski definition) is 6. The minimum atomic E-state index is -1.12. The highest BCUT2D eigenvalue weighted by molar-refractivity contribution is 5.88. The predicted molar refractivity (Wildman–Crippen MR) is 76.8 cm³/mol. The zero-order chi connectivity index (χ0) is 15.3. The summed E-state index contributed by atoms with van der Waals surface area (Å²) in [4.78, 5) is 15.4. The smallest absolute Gasteiger partial charge is 0.354 e. The van der Waals surface area contributed by atoms with Gasteiger partial charge in [0, 0.05) is 0 Å². The highest BCUT2D eigenvalue weighted by atomic mass is 16.4. The fraction of sp³-hybridized carbons (Fsp3) is 0. The summed E-state index contributed by atoms with van der Waals surface area (Å²) >= 11 is 0. The first-order chi connectivity index (χ1) is 10.6. The second kappa shape index (κ2) is 4.25. The molecule has 0 saturated heterocycles. The van der Waals surface area contributed by atoms with Crippen LogP contribution in [0.3, 0.4) is 0 Å². The number of fused-ring (bicyclic) bond motifs is 2. The molecule has 108 valence electrons. The summed E-state index contributed by atoms with van der Waals surface area (Å²) in [7, 11) is 0. The molecule has 0 fully saturated rings. The SMILES string of the molecule is Nc1nc2c(-n3nnc4ccccc43)ccc(C(=O)O)n2n1. The van der Waals surface area contributed by atoms with Crippen molar-refractivity contribution in [3.63, 3.8) is 0 Å². The van der Waals surface area contributed by atoms with Crippen LogP contribution in [0.5, 0.6) is 0 Å². The minimum absolute atomic E-state index is 0.0145. The molecule has 0 aliphatic carbocycles. The molecule has 3 heterocycles. The molecular weight excluding hydrogens is 286 g/mol. The Morgan fingerprint density at radius 1 is 1.18 bits per heavy atom. The Balaban J connectivity index is 2.08. The number of para-hydroxylation sites is 1. The second-order valence-electron chi connectivity index (χ2n) is 4.60. The predicted octanol–water partition coefficient (Wildman–Crippen LogP) is 0.744. The zero-order valence-electron chi connectivity index (χ0n) is 11.1. The summed E-state index contributed by atoms with van der Waals surface area (Å²) in [5, 5.41) is 21.3. The minimum Gasteiger partial charge on any atom is -0.477 e. The first kappa shape index (κ1) is 12.3. The number of nitrogens with zero attached hydrogens (tertiary/aromatic N) is 6. The number of rotatable bonds is 2. The highest BCUT2D eigenvalue weighted by Crippen LogP contribution is 2.21. The van der Waals surface area contributed by atoms with Crippen molar-refractivity contribution in [2.45, 2.75) is 0 Å². The van der Waals surface area contributed by atoms with E-state index in [4.69, 9.17) is 5.73 Å². The molecule has 0 bridgehead atoms. The van der Waals surface area contributed by atoms with Gasteiger partial charge in [0.1, 0.15) is 11.2 Å². The molecule has 4 aromatic rings. The quantitative estimate of drug-likeness (QED) is 0.559. The van der Waals surface area contributed by atoms with Crippen molar-refractivity contribution in [2.75, 3.05) is 5.73 Å². The lowest BCUT2D eigenvalue weighted by Gasteiger charge is -2.05. The second-order valence-corrected chi connectivity index (χ2v) is 4.60. The molecule has 9 nitrogen and oxygen atoms in total. The number of carboxylic acid groups (broad SMARTS) is 1. The molecule has 1 aromatic carbocycles. The Kier molecular flexibility index (Phi) is 2.37. The standard InChI is InChI=1S/C13H9N7O2/c14-13-15-11-9(5-6-10(12(21)22)20(11)17-13)19-8-4-2-1-3-7(8)16-18-19/h1-6H,(H2,14,17)(H,21,22). The lowest BCUT2D eigenvalue weighted by atomic mass is 10.3. The number of hydrogen-bond donors (Lipinski definition) is 2. The van der Waals surface area contributed by atoms with E-state index in [1.165, 1.54) is 10.6 Å². The first-order valence-electron chi connectivity index (χ1n) is 6.34. The third-order valence-corrected chi connectivity index (χ3v) is 3.28. The molecule has 3 aromatic heterocycles. The summed E-state index contributed by atoms with van der Waals surface area (Å²) < 4.78 is 2.76. The van der Waals surface area contributed by atoms with Crippen LogP contribution in [0, 0.1) is 0 Å². The van der Waals surface area contributed by atoms with Crippen LogP contribution in [-0.2, 0) is 0 Å². The maximum Gasteiger partial charge on any atom is 0.354 e. The molecule has 9 heteroatoms. The zero-order valence-corrected chi connectivity index (χ0v) is 11.1. The largest absolute Gasteiger partial charge is 0.477 e. The molecule has 22 heavy (non-hydrogen) atoms. The van der Waals surface area contributed by atoms with Gasteiger partial charge in [-0.25, -0.2) is 14.0 Å². The Bertz CT molecular complexity index is 1030. The van der Waals surface area contributed by atoms with Gasteiger partial charge in [0.15, 0.2) is 11.3 Å². The first-order valence-corrected chi connectivity index (χ1v) is 6.34. The molecule has 0 unspecified atom stereocenters. The van der Waals surface area contributed by atoms with Crippen molar-refractivity contribution in [1.82, 2.24) is 29.6 Å². The topological polar surface area (TPSA) is 124 Å². The van der Waals surface area contributed by atoms with Crippen molar-refractivity contribution >= 4 is 28.6 Å². The van der Waals surface area contributed by atoms with Gasteiger partial charge in [0.2, 0.25) is 5.95 Å². The van der Waals surface area contributed by atoms with E-state index in [0.29, 0.717) is 11.3 Å². The molecule has 0 aliphatic rings. The number of pyridine rings is 1. The molecule has 0 radical (unpaired) electrons. The summed E-state index contributed by atoms with van der Waals surface area (Å²) in [5.74, 6) is -1.13. The van der Waals surface area contributed by atoms with Gasteiger partial charge in [-0.05, 0) is 24.3 Å². The molecule has 0 amide bonds. The van der Waals surface area contributed by atoms with E-state index in [-0.39, 0.29) is 11.6 Å². The van der Waals surface area contributed by atoms with Crippen molar-refractivity contribution in [1.29, 1.82) is 0 Å². The number of aromatic carboxylic acids is 1. The number of nitrogen functional groups attached to an aromatic ring is 1. The van der Waals surface area contributed by atoms with Crippen LogP contribution >= 0.6 is 0 Å². The third kappa shape index (κ3) is 1.62. The van der Waals surface area contributed by atoms with Crippen LogP contribution in [0.4, 0.5) is 5.95 Å². The maximum absolute atomic E-state index is 11.3. The molecule has 3 N–H and O–H groups in total. The van der Waals surface area contributed by atoms with E-state index in [9.17, 15) is 9.90 Å². The van der Waals surface area contributed by atoms with E-state index in [0.717, 1.165) is 11.0 Å². The van der Waals surface area contributed by atoms with Gasteiger partial charge < -0.3 is 10.8 Å². The third-order valence-electron chi connectivity index (χ3n) is 3.28. The van der Waals surface area contributed by atoms with Crippen molar-refractivity contribution in [3.8, 4) is 5.69 Å². The summed E-state index contributed by atoms with van der Waals surface area (Å²) in [6.07, 6.45) is 0. The fourth-order valence-electron chi connectivity index (χ4n) is 2.34. The summed E-state index contributed by atoms with van der Waals surface area (Å²) in [6.45, 7) is 0. The monoisotopic (exact) mass is 295 g/mol. The van der Waals surface area contributed by atoms with Gasteiger partial charge in [-0.15, -0.1) is 10.2 Å². The highest BCUT2D eigenvalue weighted by Gasteiger charge is 2.17. The number of nitrogens with two attached hydrogens (primary N) is 1. The lowest BCUT2D eigenvalue weighted by molar-refractivity contribution is 0.0687. The van der Waals surface area contributed by atoms with Crippen LogP contribution in [-0.4, -0.2) is 40.7 Å². The Morgan fingerprint density at radius 3 is 2.82 bits per heavy atom. The number of carboxylic acids is 1. The normalized spacial score (nSPS) is 11.3. The van der Waals surface area contributed by atoms with Crippen LogP contribution < -0.4 is 5.73 Å². The van der Waals surface area contributed by atoms with Crippen molar-refractivity contribution in [2.24, 2.45) is 0 Å². The van der Waals surface area contributed by atoms with E-state index >= 15 is 0 Å². The maximum atomic E-state index is 11.3. The number of carbonyl (C=O) groups is 1. The Labute approximate surface area is 122 Å². The number of anilines is 1. The van der Waals surface area contributed by atoms with Crippen molar-refractivity contribution in [3.05, 3.63) is 42.1 Å². The van der Waals surface area contributed by atoms with E-state index in [2.05, 4.69) is 20.4 Å². The Hall–Kier alpha value is -3.49. The average molecular weight is 295 g/mol. The lowest BCUT2D eigenvalue weighted by Crippen LogP contribution is -2.09. The van der Waals surface area contributed by atoms with Crippen LogP contribution in [0.1, 0.15) is 10.5 Å². The average Bonchev–Trinajstić information content (AvgIpc) is 3.08. The fourth-order valence-corrected chi connectivity index (χ4v) is 2.34. The summed E-state index contributed by atoms with van der Waals surface area (Å²) in [6, 6.07) is 10.4. The molecule has 0 aliphatic heterocycles. The van der Waals surface area contributed by atoms with Crippen LogP contribution in [0.15, 0.2) is 36.4 Å². The molecule has 0 atom stereocenters. The molecule has 4 rings (SSSR count). The van der Waals surface area contributed by atoms with Gasteiger partial charge in [-0.2, -0.15) is 4.98 Å². The van der Waals surface area contributed by atoms with Gasteiger partial charge in [-0.1, -0.05) is 17.3 Å². The van der Waals surface area contributed by atoms with E-state index in [1.54, 1.807) is 10.7 Å². The number of aromatic nitrogens is 6.